The predicted octanol–water partition coefficient (Wildman–Crippen LogP) is 3.16. The van der Waals surface area contributed by atoms with Gasteiger partial charge in [-0.25, -0.2) is 4.79 Å². The number of nitriles is 1. The number of amides is 1. The molecule has 7 nitrogen and oxygen atoms in total. The smallest absolute Gasteiger partial charge is 0.331 e. The molecule has 144 valence electrons. The summed E-state index contributed by atoms with van der Waals surface area (Å²) < 4.78 is 15.5. The Kier molecular flexibility index (Phi) is 7.17. The lowest BCUT2D eigenvalue weighted by molar-refractivity contribution is -0.148. The molecule has 0 spiro atoms. The number of carbonyl (C=O) groups is 2. The molecular formula is C21H20N2O5. The van der Waals surface area contributed by atoms with Gasteiger partial charge in [0.15, 0.2) is 6.10 Å². The van der Waals surface area contributed by atoms with E-state index in [1.807, 2.05) is 6.07 Å². The Labute approximate surface area is 163 Å². The van der Waals surface area contributed by atoms with Crippen LogP contribution in [0.15, 0.2) is 48.5 Å². The molecule has 0 aliphatic rings. The molecule has 1 N–H and O–H groups in total. The molecular weight excluding hydrogens is 360 g/mol. The molecule has 2 rings (SSSR count). The molecule has 1 atom stereocenters. The second-order valence-corrected chi connectivity index (χ2v) is 5.70. The topological polar surface area (TPSA) is 97.6 Å². The normalized spacial score (nSPS) is 11.4. The number of methoxy groups -OCH3 is 2. The van der Waals surface area contributed by atoms with E-state index in [0.717, 1.165) is 0 Å². The van der Waals surface area contributed by atoms with E-state index >= 15 is 0 Å². The summed E-state index contributed by atoms with van der Waals surface area (Å²) >= 11 is 0. The van der Waals surface area contributed by atoms with Gasteiger partial charge >= 0.3 is 5.97 Å². The van der Waals surface area contributed by atoms with Crippen LogP contribution < -0.4 is 14.8 Å². The third-order valence-electron chi connectivity index (χ3n) is 3.76. The molecule has 2 aromatic carbocycles. The van der Waals surface area contributed by atoms with Gasteiger partial charge in [0.25, 0.3) is 5.91 Å². The molecule has 1 amide bonds. The van der Waals surface area contributed by atoms with E-state index in [-0.39, 0.29) is 0 Å². The molecule has 2 aromatic rings. The molecule has 0 aliphatic carbocycles. The zero-order chi connectivity index (χ0) is 20.5. The van der Waals surface area contributed by atoms with E-state index in [2.05, 4.69) is 5.32 Å². The molecule has 7 heteroatoms. The lowest BCUT2D eigenvalue weighted by Gasteiger charge is -2.12. The van der Waals surface area contributed by atoms with E-state index in [0.29, 0.717) is 28.3 Å². The number of anilines is 1. The van der Waals surface area contributed by atoms with Gasteiger partial charge in [0.1, 0.15) is 11.5 Å². The van der Waals surface area contributed by atoms with Crippen molar-refractivity contribution in [3.63, 3.8) is 0 Å². The Balaban J connectivity index is 1.97. The first kappa shape index (κ1) is 20.5. The van der Waals surface area contributed by atoms with Crippen molar-refractivity contribution in [2.45, 2.75) is 13.0 Å². The summed E-state index contributed by atoms with van der Waals surface area (Å²) in [6.07, 6.45) is 1.73. The van der Waals surface area contributed by atoms with Crippen molar-refractivity contribution in [1.29, 1.82) is 5.26 Å². The molecule has 0 radical (unpaired) electrons. The average Bonchev–Trinajstić information content (AvgIpc) is 2.72. The Morgan fingerprint density at radius 1 is 1.14 bits per heavy atom. The first-order valence-electron chi connectivity index (χ1n) is 8.38. The van der Waals surface area contributed by atoms with E-state index in [1.54, 1.807) is 43.5 Å². The lowest BCUT2D eigenvalue weighted by atomic mass is 10.1. The minimum absolute atomic E-state index is 0.416. The Morgan fingerprint density at radius 3 is 2.61 bits per heavy atom. The van der Waals surface area contributed by atoms with Gasteiger partial charge in [0, 0.05) is 23.4 Å². The van der Waals surface area contributed by atoms with Crippen LogP contribution in [-0.2, 0) is 14.3 Å². The second kappa shape index (κ2) is 9.78. The number of carbonyl (C=O) groups excluding carboxylic acids is 2. The summed E-state index contributed by atoms with van der Waals surface area (Å²) in [6.45, 7) is 1.46. The number of nitrogens with one attached hydrogen (secondary N) is 1. The van der Waals surface area contributed by atoms with Crippen molar-refractivity contribution < 1.29 is 23.8 Å². The number of ether oxygens (including phenoxy) is 3. The fourth-order valence-electron chi connectivity index (χ4n) is 2.29. The van der Waals surface area contributed by atoms with Crippen LogP contribution in [-0.4, -0.2) is 32.2 Å². The quantitative estimate of drug-likeness (QED) is 0.585. The molecule has 0 aliphatic heterocycles. The number of benzene rings is 2. The van der Waals surface area contributed by atoms with Crippen molar-refractivity contribution >= 4 is 23.6 Å². The molecule has 0 saturated carbocycles. The molecule has 0 fully saturated rings. The molecule has 28 heavy (non-hydrogen) atoms. The van der Waals surface area contributed by atoms with E-state index in [9.17, 15) is 9.59 Å². The zero-order valence-electron chi connectivity index (χ0n) is 15.8. The summed E-state index contributed by atoms with van der Waals surface area (Å²) in [4.78, 5) is 24.2. The Bertz CT molecular complexity index is 931. The van der Waals surface area contributed by atoms with Crippen molar-refractivity contribution in [2.75, 3.05) is 19.5 Å². The van der Waals surface area contributed by atoms with Crippen LogP contribution in [0.3, 0.4) is 0 Å². The third kappa shape index (κ3) is 5.61. The summed E-state index contributed by atoms with van der Waals surface area (Å²) in [5.41, 5.74) is 1.52. The molecule has 0 aromatic heterocycles. The van der Waals surface area contributed by atoms with E-state index in [1.165, 1.54) is 32.3 Å². The van der Waals surface area contributed by atoms with Gasteiger partial charge in [-0.2, -0.15) is 5.26 Å². The number of esters is 1. The van der Waals surface area contributed by atoms with Crippen molar-refractivity contribution in [1.82, 2.24) is 0 Å². The highest BCUT2D eigenvalue weighted by atomic mass is 16.5. The summed E-state index contributed by atoms with van der Waals surface area (Å²) in [7, 11) is 3.06. The van der Waals surface area contributed by atoms with Crippen molar-refractivity contribution in [2.24, 2.45) is 0 Å². The van der Waals surface area contributed by atoms with E-state index in [4.69, 9.17) is 19.5 Å². The number of nitrogens with zero attached hydrogens (tertiary/aromatic N) is 1. The maximum atomic E-state index is 12.2. The molecule has 1 unspecified atom stereocenters. The van der Waals surface area contributed by atoms with Crippen molar-refractivity contribution in [3.8, 4) is 17.6 Å². The second-order valence-electron chi connectivity index (χ2n) is 5.70. The third-order valence-corrected chi connectivity index (χ3v) is 3.76. The van der Waals surface area contributed by atoms with Gasteiger partial charge < -0.3 is 19.5 Å². The standard InChI is InChI=1S/C21H20N2O5/c1-14(21(25)23-17-6-4-5-15(11-17)13-22)28-20(24)10-8-16-7-9-18(26-2)12-19(16)27-3/h4-12,14H,1-3H3,(H,23,25)/b10-8+. The first-order chi connectivity index (χ1) is 13.5. The average molecular weight is 380 g/mol. The summed E-state index contributed by atoms with van der Waals surface area (Å²) in [5, 5.41) is 11.5. The monoisotopic (exact) mass is 380 g/mol. The minimum atomic E-state index is -1.01. The highest BCUT2D eigenvalue weighted by Crippen LogP contribution is 2.25. The summed E-state index contributed by atoms with van der Waals surface area (Å²) in [5.74, 6) is -0.0148. The molecule has 0 heterocycles. The van der Waals surface area contributed by atoms with Crippen LogP contribution in [0.5, 0.6) is 11.5 Å². The molecule has 0 bridgehead atoms. The van der Waals surface area contributed by atoms with Gasteiger partial charge in [-0.15, -0.1) is 0 Å². The fraction of sp³-hybridized carbons (Fsp3) is 0.190. The van der Waals surface area contributed by atoms with Crippen LogP contribution >= 0.6 is 0 Å². The van der Waals surface area contributed by atoms with E-state index < -0.39 is 18.0 Å². The summed E-state index contributed by atoms with van der Waals surface area (Å²) in [6, 6.07) is 13.6. The number of hydrogen-bond donors (Lipinski definition) is 1. The number of rotatable bonds is 7. The largest absolute Gasteiger partial charge is 0.497 e. The maximum Gasteiger partial charge on any atom is 0.331 e. The zero-order valence-corrected chi connectivity index (χ0v) is 15.8. The van der Waals surface area contributed by atoms with Crippen LogP contribution in [0.1, 0.15) is 18.1 Å². The lowest BCUT2D eigenvalue weighted by Crippen LogP contribution is -2.29. The highest BCUT2D eigenvalue weighted by molar-refractivity contribution is 5.96. The Morgan fingerprint density at radius 2 is 1.93 bits per heavy atom. The first-order valence-corrected chi connectivity index (χ1v) is 8.38. The van der Waals surface area contributed by atoms with Gasteiger partial charge in [-0.1, -0.05) is 6.07 Å². The SMILES string of the molecule is COc1ccc(/C=C/C(=O)OC(C)C(=O)Nc2cccc(C#N)c2)c(OC)c1. The van der Waals surface area contributed by atoms with Gasteiger partial charge in [-0.3, -0.25) is 4.79 Å². The highest BCUT2D eigenvalue weighted by Gasteiger charge is 2.17. The minimum Gasteiger partial charge on any atom is -0.497 e. The van der Waals surface area contributed by atoms with Crippen molar-refractivity contribution in [3.05, 3.63) is 59.7 Å². The van der Waals surface area contributed by atoms with Crippen LogP contribution in [0, 0.1) is 11.3 Å². The van der Waals surface area contributed by atoms with Crippen LogP contribution in [0.2, 0.25) is 0 Å². The van der Waals surface area contributed by atoms with Crippen LogP contribution in [0.25, 0.3) is 6.08 Å². The van der Waals surface area contributed by atoms with Gasteiger partial charge in [-0.05, 0) is 43.3 Å². The predicted molar refractivity (Wildman–Crippen MR) is 104 cm³/mol. The van der Waals surface area contributed by atoms with Gasteiger partial charge in [0.2, 0.25) is 0 Å². The number of hydrogen-bond acceptors (Lipinski definition) is 6. The van der Waals surface area contributed by atoms with Gasteiger partial charge in [0.05, 0.1) is 25.9 Å². The van der Waals surface area contributed by atoms with Crippen LogP contribution in [0.4, 0.5) is 5.69 Å². The Hall–Kier alpha value is -3.79. The fourth-order valence-corrected chi connectivity index (χ4v) is 2.29. The molecule has 0 saturated heterocycles. The maximum absolute atomic E-state index is 12.2.